The van der Waals surface area contributed by atoms with Crippen molar-refractivity contribution in [3.8, 4) is 0 Å². The fourth-order valence-corrected chi connectivity index (χ4v) is 1.85. The van der Waals surface area contributed by atoms with Crippen LogP contribution in [0.15, 0.2) is 24.3 Å². The van der Waals surface area contributed by atoms with Gasteiger partial charge in [0.1, 0.15) is 0 Å². The molecule has 0 aliphatic heterocycles. The van der Waals surface area contributed by atoms with Gasteiger partial charge >= 0.3 is 11.9 Å². The zero-order valence-corrected chi connectivity index (χ0v) is 11.8. The molecule has 104 valence electrons. The highest BCUT2D eigenvalue weighted by molar-refractivity contribution is 5.95. The molecule has 1 rings (SSSR count). The lowest BCUT2D eigenvalue weighted by Crippen LogP contribution is -2.17. The number of hydrogen-bond acceptors (Lipinski definition) is 4. The molecule has 4 heteroatoms. The molecule has 1 atom stereocenters. The van der Waals surface area contributed by atoms with Gasteiger partial charge in [0, 0.05) is 0 Å². The van der Waals surface area contributed by atoms with E-state index in [4.69, 9.17) is 4.74 Å². The number of methoxy groups -OCH3 is 1. The van der Waals surface area contributed by atoms with Crippen LogP contribution in [0.1, 0.15) is 47.9 Å². The fourth-order valence-electron chi connectivity index (χ4n) is 1.85. The van der Waals surface area contributed by atoms with Crippen LogP contribution in [0.3, 0.4) is 0 Å². The van der Waals surface area contributed by atoms with Gasteiger partial charge in [-0.15, -0.1) is 0 Å². The van der Waals surface area contributed by atoms with Crippen LogP contribution >= 0.6 is 0 Å². The zero-order chi connectivity index (χ0) is 14.4. The van der Waals surface area contributed by atoms with Gasteiger partial charge in [-0.05, 0) is 37.5 Å². The monoisotopic (exact) mass is 264 g/mol. The minimum atomic E-state index is -0.468. The van der Waals surface area contributed by atoms with E-state index in [1.165, 1.54) is 13.2 Å². The van der Waals surface area contributed by atoms with Gasteiger partial charge in [-0.1, -0.05) is 19.9 Å². The first-order valence-electron chi connectivity index (χ1n) is 6.33. The van der Waals surface area contributed by atoms with Gasteiger partial charge in [-0.2, -0.15) is 0 Å². The summed E-state index contributed by atoms with van der Waals surface area (Å²) in [5, 5.41) is 0. The lowest BCUT2D eigenvalue weighted by Gasteiger charge is -2.15. The Hall–Kier alpha value is -1.84. The third-order valence-corrected chi connectivity index (χ3v) is 2.63. The standard InChI is InChI=1S/C15H20O4/c1-10(2)8-11(3)19-15(17)13-7-5-6-12(9-13)14(16)18-4/h5-7,9-11H,8H2,1-4H3. The molecule has 0 saturated heterocycles. The van der Waals surface area contributed by atoms with Crippen molar-refractivity contribution in [2.45, 2.75) is 33.3 Å². The largest absolute Gasteiger partial charge is 0.465 e. The van der Waals surface area contributed by atoms with Crippen LogP contribution in [0.2, 0.25) is 0 Å². The van der Waals surface area contributed by atoms with Gasteiger partial charge in [-0.3, -0.25) is 0 Å². The Morgan fingerprint density at radius 3 is 2.21 bits per heavy atom. The van der Waals surface area contributed by atoms with Gasteiger partial charge < -0.3 is 9.47 Å². The normalized spacial score (nSPS) is 12.1. The predicted molar refractivity (Wildman–Crippen MR) is 72.1 cm³/mol. The smallest absolute Gasteiger partial charge is 0.338 e. The van der Waals surface area contributed by atoms with Crippen molar-refractivity contribution in [3.05, 3.63) is 35.4 Å². The van der Waals surface area contributed by atoms with Crippen LogP contribution < -0.4 is 0 Å². The molecule has 4 nitrogen and oxygen atoms in total. The third kappa shape index (κ3) is 4.73. The summed E-state index contributed by atoms with van der Waals surface area (Å²) >= 11 is 0. The number of hydrogen-bond donors (Lipinski definition) is 0. The van der Waals surface area contributed by atoms with E-state index in [-0.39, 0.29) is 6.10 Å². The molecule has 1 aromatic rings. The number of carbonyl (C=O) groups is 2. The van der Waals surface area contributed by atoms with Crippen molar-refractivity contribution >= 4 is 11.9 Å². The Labute approximate surface area is 113 Å². The van der Waals surface area contributed by atoms with Crippen molar-refractivity contribution in [2.24, 2.45) is 5.92 Å². The van der Waals surface area contributed by atoms with E-state index < -0.39 is 11.9 Å². The SMILES string of the molecule is COC(=O)c1cccc(C(=O)OC(C)CC(C)C)c1. The average molecular weight is 264 g/mol. The Morgan fingerprint density at radius 1 is 1.11 bits per heavy atom. The highest BCUT2D eigenvalue weighted by Crippen LogP contribution is 2.12. The third-order valence-electron chi connectivity index (χ3n) is 2.63. The molecule has 0 bridgehead atoms. The summed E-state index contributed by atoms with van der Waals surface area (Å²) in [6.45, 7) is 6.01. The molecule has 1 unspecified atom stereocenters. The summed E-state index contributed by atoms with van der Waals surface area (Å²) in [6, 6.07) is 6.34. The molecule has 0 heterocycles. The number of carbonyl (C=O) groups excluding carboxylic acids is 2. The molecular formula is C15H20O4. The molecule has 0 aromatic heterocycles. The molecule has 0 spiro atoms. The van der Waals surface area contributed by atoms with E-state index in [0.29, 0.717) is 17.0 Å². The van der Waals surface area contributed by atoms with Crippen molar-refractivity contribution in [3.63, 3.8) is 0 Å². The van der Waals surface area contributed by atoms with Gasteiger partial charge in [0.05, 0.1) is 24.3 Å². The maximum absolute atomic E-state index is 11.9. The fraction of sp³-hybridized carbons (Fsp3) is 0.467. The van der Waals surface area contributed by atoms with Gasteiger partial charge in [0.15, 0.2) is 0 Å². The molecule has 0 saturated carbocycles. The summed E-state index contributed by atoms with van der Waals surface area (Å²) in [4.78, 5) is 23.3. The molecule has 0 amide bonds. The van der Waals surface area contributed by atoms with Gasteiger partial charge in [-0.25, -0.2) is 9.59 Å². The first kappa shape index (κ1) is 15.2. The van der Waals surface area contributed by atoms with Crippen LogP contribution in [0.4, 0.5) is 0 Å². The van der Waals surface area contributed by atoms with E-state index in [2.05, 4.69) is 18.6 Å². The van der Waals surface area contributed by atoms with Crippen LogP contribution in [0.5, 0.6) is 0 Å². The average Bonchev–Trinajstić information content (AvgIpc) is 2.36. The molecule has 0 fully saturated rings. The van der Waals surface area contributed by atoms with Crippen LogP contribution in [0.25, 0.3) is 0 Å². The predicted octanol–water partition coefficient (Wildman–Crippen LogP) is 3.06. The zero-order valence-electron chi connectivity index (χ0n) is 11.8. The molecular weight excluding hydrogens is 244 g/mol. The van der Waals surface area contributed by atoms with E-state index in [1.807, 2.05) is 6.92 Å². The van der Waals surface area contributed by atoms with Crippen LogP contribution in [0, 0.1) is 5.92 Å². The lowest BCUT2D eigenvalue weighted by molar-refractivity contribution is 0.0299. The number of esters is 2. The molecule has 0 radical (unpaired) electrons. The minimum absolute atomic E-state index is 0.144. The van der Waals surface area contributed by atoms with Gasteiger partial charge in [0.2, 0.25) is 0 Å². The van der Waals surface area contributed by atoms with Crippen molar-refractivity contribution in [2.75, 3.05) is 7.11 Å². The van der Waals surface area contributed by atoms with E-state index >= 15 is 0 Å². The summed E-state index contributed by atoms with van der Waals surface area (Å²) in [5.41, 5.74) is 0.701. The number of rotatable bonds is 5. The molecule has 0 N–H and O–H groups in total. The quantitative estimate of drug-likeness (QED) is 0.767. The highest BCUT2D eigenvalue weighted by atomic mass is 16.5. The second-order valence-electron chi connectivity index (χ2n) is 4.92. The van der Waals surface area contributed by atoms with Crippen molar-refractivity contribution in [1.29, 1.82) is 0 Å². The van der Waals surface area contributed by atoms with Crippen molar-refractivity contribution < 1.29 is 19.1 Å². The van der Waals surface area contributed by atoms with E-state index in [9.17, 15) is 9.59 Å². The Kier molecular flexibility index (Phi) is 5.55. The first-order valence-corrected chi connectivity index (χ1v) is 6.33. The minimum Gasteiger partial charge on any atom is -0.465 e. The second-order valence-corrected chi connectivity index (χ2v) is 4.92. The topological polar surface area (TPSA) is 52.6 Å². The second kappa shape index (κ2) is 6.92. The summed E-state index contributed by atoms with van der Waals surface area (Å²) in [5.74, 6) is -0.423. The van der Waals surface area contributed by atoms with Gasteiger partial charge in [0.25, 0.3) is 0 Å². The molecule has 19 heavy (non-hydrogen) atoms. The molecule has 1 aromatic carbocycles. The first-order chi connectivity index (χ1) is 8.93. The van der Waals surface area contributed by atoms with E-state index in [0.717, 1.165) is 6.42 Å². The summed E-state index contributed by atoms with van der Waals surface area (Å²) in [6.07, 6.45) is 0.664. The number of benzene rings is 1. The molecule has 0 aliphatic carbocycles. The highest BCUT2D eigenvalue weighted by Gasteiger charge is 2.15. The molecule has 0 aliphatic rings. The van der Waals surface area contributed by atoms with Crippen molar-refractivity contribution in [1.82, 2.24) is 0 Å². The maximum atomic E-state index is 11.9. The van der Waals surface area contributed by atoms with Crippen LogP contribution in [-0.2, 0) is 9.47 Å². The Morgan fingerprint density at radius 2 is 1.68 bits per heavy atom. The maximum Gasteiger partial charge on any atom is 0.338 e. The summed E-state index contributed by atoms with van der Waals surface area (Å²) in [7, 11) is 1.30. The number of ether oxygens (including phenoxy) is 2. The van der Waals surface area contributed by atoms with E-state index in [1.54, 1.807) is 18.2 Å². The van der Waals surface area contributed by atoms with Crippen LogP contribution in [-0.4, -0.2) is 25.2 Å². The lowest BCUT2D eigenvalue weighted by atomic mass is 10.1. The Bertz CT molecular complexity index is 451. The summed E-state index contributed by atoms with van der Waals surface area (Å²) < 4.78 is 9.94. The Balaban J connectivity index is 2.74.